The number of alkyl carbamates (subject to hydrolysis) is 1. The number of carbonyl (C=O) groups excluding carboxylic acids is 1. The van der Waals surface area contributed by atoms with E-state index in [1.165, 1.54) is 0 Å². The number of carboxylic acid groups (broad SMARTS) is 1. The maximum atomic E-state index is 11.4. The van der Waals surface area contributed by atoms with Crippen LogP contribution in [-0.4, -0.2) is 23.7 Å². The van der Waals surface area contributed by atoms with E-state index in [9.17, 15) is 9.59 Å². The van der Waals surface area contributed by atoms with Crippen LogP contribution in [0, 0.1) is 0 Å². The summed E-state index contributed by atoms with van der Waals surface area (Å²) in [6.07, 6.45) is -0.741. The lowest BCUT2D eigenvalue weighted by molar-refractivity contribution is -0.136. The van der Waals surface area contributed by atoms with Crippen LogP contribution in [0.3, 0.4) is 0 Å². The Bertz CT molecular complexity index is 623. The Labute approximate surface area is 128 Å². The fraction of sp³-hybridized carbons (Fsp3) is 0.176. The zero-order valence-corrected chi connectivity index (χ0v) is 12.0. The molecule has 0 aliphatic rings. The van der Waals surface area contributed by atoms with E-state index < -0.39 is 12.1 Å². The van der Waals surface area contributed by atoms with Crippen molar-refractivity contribution in [3.8, 4) is 11.1 Å². The van der Waals surface area contributed by atoms with Crippen LogP contribution >= 0.6 is 0 Å². The van der Waals surface area contributed by atoms with E-state index in [0.717, 1.165) is 16.7 Å². The van der Waals surface area contributed by atoms with E-state index in [1.54, 1.807) is 0 Å². The van der Waals surface area contributed by atoms with E-state index in [1.807, 2.05) is 54.6 Å². The third-order valence-electron chi connectivity index (χ3n) is 3.04. The van der Waals surface area contributed by atoms with Crippen molar-refractivity contribution < 1.29 is 19.4 Å². The Morgan fingerprint density at radius 1 is 0.955 bits per heavy atom. The molecule has 0 fully saturated rings. The first kappa shape index (κ1) is 15.6. The van der Waals surface area contributed by atoms with Crippen LogP contribution in [0.5, 0.6) is 0 Å². The van der Waals surface area contributed by atoms with Gasteiger partial charge in [0, 0.05) is 6.54 Å². The lowest BCUT2D eigenvalue weighted by Crippen LogP contribution is -2.26. The zero-order valence-electron chi connectivity index (χ0n) is 12.0. The lowest BCUT2D eigenvalue weighted by atomic mass is 10.0. The van der Waals surface area contributed by atoms with Crippen LogP contribution in [0.4, 0.5) is 4.79 Å². The number of amides is 1. The molecule has 0 unspecified atom stereocenters. The molecule has 0 radical (unpaired) electrons. The quantitative estimate of drug-likeness (QED) is 0.859. The Kier molecular flexibility index (Phi) is 5.54. The number of aliphatic carboxylic acids is 1. The highest BCUT2D eigenvalue weighted by Crippen LogP contribution is 2.19. The second kappa shape index (κ2) is 7.83. The predicted molar refractivity (Wildman–Crippen MR) is 82.3 cm³/mol. The molecule has 0 heterocycles. The van der Waals surface area contributed by atoms with Gasteiger partial charge in [-0.3, -0.25) is 4.79 Å². The fourth-order valence-electron chi connectivity index (χ4n) is 1.90. The van der Waals surface area contributed by atoms with Crippen molar-refractivity contribution in [3.63, 3.8) is 0 Å². The molecule has 1 amide bonds. The van der Waals surface area contributed by atoms with Crippen molar-refractivity contribution in [2.75, 3.05) is 6.54 Å². The van der Waals surface area contributed by atoms with Crippen molar-refractivity contribution in [1.29, 1.82) is 0 Å². The Hall–Kier alpha value is -2.82. The topological polar surface area (TPSA) is 75.6 Å². The molecule has 5 heteroatoms. The van der Waals surface area contributed by atoms with Crippen molar-refractivity contribution >= 4 is 12.1 Å². The van der Waals surface area contributed by atoms with Crippen LogP contribution in [0.1, 0.15) is 12.0 Å². The molecule has 0 aromatic heterocycles. The molecule has 0 aliphatic carbocycles. The predicted octanol–water partition coefficient (Wildman–Crippen LogP) is 3.05. The molecule has 2 aromatic carbocycles. The molecule has 0 saturated heterocycles. The Balaban J connectivity index is 1.82. The minimum Gasteiger partial charge on any atom is -0.481 e. The molecule has 0 saturated carbocycles. The second-order valence-electron chi connectivity index (χ2n) is 4.71. The SMILES string of the molecule is O=C(O)CCNC(=O)OCc1ccc(-c2ccccc2)cc1. The fourth-order valence-corrected chi connectivity index (χ4v) is 1.90. The number of carbonyl (C=O) groups is 2. The van der Waals surface area contributed by atoms with E-state index in [0.29, 0.717) is 0 Å². The van der Waals surface area contributed by atoms with Crippen molar-refractivity contribution in [2.24, 2.45) is 0 Å². The maximum absolute atomic E-state index is 11.4. The smallest absolute Gasteiger partial charge is 0.407 e. The molecule has 2 aromatic rings. The minimum absolute atomic E-state index is 0.0567. The van der Waals surface area contributed by atoms with Gasteiger partial charge in [0.2, 0.25) is 0 Å². The highest BCUT2D eigenvalue weighted by atomic mass is 16.5. The largest absolute Gasteiger partial charge is 0.481 e. The van der Waals surface area contributed by atoms with Crippen LogP contribution in [0.15, 0.2) is 54.6 Å². The average molecular weight is 299 g/mol. The molecule has 22 heavy (non-hydrogen) atoms. The van der Waals surface area contributed by atoms with Gasteiger partial charge >= 0.3 is 12.1 Å². The molecule has 2 rings (SSSR count). The summed E-state index contributed by atoms with van der Waals surface area (Å²) >= 11 is 0. The third-order valence-corrected chi connectivity index (χ3v) is 3.04. The van der Waals surface area contributed by atoms with E-state index >= 15 is 0 Å². The van der Waals surface area contributed by atoms with Crippen LogP contribution < -0.4 is 5.32 Å². The minimum atomic E-state index is -0.961. The summed E-state index contributed by atoms with van der Waals surface area (Å²) in [6, 6.07) is 17.7. The average Bonchev–Trinajstić information content (AvgIpc) is 2.54. The number of ether oxygens (including phenoxy) is 1. The summed E-state index contributed by atoms with van der Waals surface area (Å²) in [5, 5.41) is 10.8. The monoisotopic (exact) mass is 299 g/mol. The van der Waals surface area contributed by atoms with Gasteiger partial charge in [0.05, 0.1) is 6.42 Å². The van der Waals surface area contributed by atoms with Gasteiger partial charge in [-0.15, -0.1) is 0 Å². The summed E-state index contributed by atoms with van der Waals surface area (Å²) in [4.78, 5) is 21.7. The van der Waals surface area contributed by atoms with Crippen LogP contribution in [0.2, 0.25) is 0 Å². The summed E-state index contributed by atoms with van der Waals surface area (Å²) in [6.45, 7) is 0.203. The van der Waals surface area contributed by atoms with Crippen molar-refractivity contribution in [2.45, 2.75) is 13.0 Å². The summed E-state index contributed by atoms with van der Waals surface area (Å²) in [5.41, 5.74) is 3.09. The molecular formula is C17H17NO4. The number of hydrogen-bond acceptors (Lipinski definition) is 3. The normalized spacial score (nSPS) is 10.0. The number of rotatable bonds is 6. The van der Waals surface area contributed by atoms with E-state index in [-0.39, 0.29) is 19.6 Å². The van der Waals surface area contributed by atoms with Crippen LogP contribution in [0.25, 0.3) is 11.1 Å². The maximum Gasteiger partial charge on any atom is 0.407 e. The molecule has 0 bridgehead atoms. The second-order valence-corrected chi connectivity index (χ2v) is 4.71. The number of hydrogen-bond donors (Lipinski definition) is 2. The highest BCUT2D eigenvalue weighted by Gasteiger charge is 2.04. The molecule has 5 nitrogen and oxygen atoms in total. The van der Waals surface area contributed by atoms with Crippen LogP contribution in [-0.2, 0) is 16.1 Å². The van der Waals surface area contributed by atoms with E-state index in [2.05, 4.69) is 5.32 Å². The molecule has 114 valence electrons. The van der Waals surface area contributed by atoms with Gasteiger partial charge in [-0.25, -0.2) is 4.79 Å². The number of benzene rings is 2. The first-order chi connectivity index (χ1) is 10.6. The molecule has 0 atom stereocenters. The van der Waals surface area contributed by atoms with Gasteiger partial charge < -0.3 is 15.2 Å². The summed E-state index contributed by atoms with van der Waals surface area (Å²) < 4.78 is 5.01. The van der Waals surface area contributed by atoms with Crippen molar-refractivity contribution in [3.05, 3.63) is 60.2 Å². The highest BCUT2D eigenvalue weighted by molar-refractivity contribution is 5.70. The van der Waals surface area contributed by atoms with Gasteiger partial charge in [0.15, 0.2) is 0 Å². The zero-order chi connectivity index (χ0) is 15.8. The van der Waals surface area contributed by atoms with E-state index in [4.69, 9.17) is 9.84 Å². The number of carboxylic acids is 1. The van der Waals surface area contributed by atoms with Gasteiger partial charge in [-0.1, -0.05) is 54.6 Å². The van der Waals surface area contributed by atoms with Gasteiger partial charge in [0.1, 0.15) is 6.61 Å². The standard InChI is InChI=1S/C17H17NO4/c19-16(20)10-11-18-17(21)22-12-13-6-8-15(9-7-13)14-4-2-1-3-5-14/h1-9H,10-12H2,(H,18,21)(H,19,20). The lowest BCUT2D eigenvalue weighted by Gasteiger charge is -2.07. The molecular weight excluding hydrogens is 282 g/mol. The van der Waals surface area contributed by atoms with Gasteiger partial charge in [-0.05, 0) is 16.7 Å². The molecule has 0 aliphatic heterocycles. The first-order valence-electron chi connectivity index (χ1n) is 6.92. The first-order valence-corrected chi connectivity index (χ1v) is 6.92. The Morgan fingerprint density at radius 3 is 2.23 bits per heavy atom. The summed E-state index contributed by atoms with van der Waals surface area (Å²) in [7, 11) is 0. The van der Waals surface area contributed by atoms with Crippen molar-refractivity contribution in [1.82, 2.24) is 5.32 Å². The third kappa shape index (κ3) is 4.94. The number of nitrogens with one attached hydrogen (secondary N) is 1. The molecule has 2 N–H and O–H groups in total. The summed E-state index contributed by atoms with van der Waals surface area (Å²) in [5.74, 6) is -0.961. The van der Waals surface area contributed by atoms with Gasteiger partial charge in [0.25, 0.3) is 0 Å². The van der Waals surface area contributed by atoms with Gasteiger partial charge in [-0.2, -0.15) is 0 Å². The Morgan fingerprint density at radius 2 is 1.59 bits per heavy atom. The molecule has 0 spiro atoms.